The summed E-state index contributed by atoms with van der Waals surface area (Å²) < 4.78 is 1.72. The van der Waals surface area contributed by atoms with Crippen LogP contribution in [0.25, 0.3) is 11.0 Å². The lowest BCUT2D eigenvalue weighted by Gasteiger charge is -2.39. The third kappa shape index (κ3) is 9.80. The van der Waals surface area contributed by atoms with Crippen LogP contribution >= 0.6 is 0 Å². The normalized spacial score (nSPS) is 20.3. The van der Waals surface area contributed by atoms with Gasteiger partial charge >= 0.3 is 0 Å². The van der Waals surface area contributed by atoms with Crippen LogP contribution in [0.2, 0.25) is 0 Å². The fraction of sp³-hybridized carbons (Fsp3) is 0.510. The van der Waals surface area contributed by atoms with Gasteiger partial charge in [-0.1, -0.05) is 19.8 Å². The summed E-state index contributed by atoms with van der Waals surface area (Å²) in [4.78, 5) is 81.1. The van der Waals surface area contributed by atoms with Gasteiger partial charge in [0.25, 0.3) is 11.5 Å². The number of anilines is 6. The van der Waals surface area contributed by atoms with E-state index in [1.54, 1.807) is 29.8 Å². The molecule has 2 saturated carbocycles. The number of nitrogens with zero attached hydrogens (tertiary/aromatic N) is 11. The highest BCUT2D eigenvalue weighted by atomic mass is 16.2. The predicted octanol–water partition coefficient (Wildman–Crippen LogP) is 6.02. The van der Waals surface area contributed by atoms with Gasteiger partial charge < -0.3 is 30.7 Å². The molecule has 67 heavy (non-hydrogen) atoms. The van der Waals surface area contributed by atoms with Gasteiger partial charge in [-0.2, -0.15) is 4.98 Å². The number of fused-ring (bicyclic) bond motifs is 1. The van der Waals surface area contributed by atoms with Crippen LogP contribution in [0, 0.1) is 12.8 Å². The molecule has 352 valence electrons. The lowest BCUT2D eigenvalue weighted by atomic mass is 9.85. The van der Waals surface area contributed by atoms with E-state index >= 15 is 0 Å². The largest absolute Gasteiger partial charge is 0.368 e. The lowest BCUT2D eigenvalue weighted by Crippen LogP contribution is -2.51. The number of ketones is 1. The van der Waals surface area contributed by atoms with Crippen molar-refractivity contribution in [2.75, 3.05) is 79.1 Å². The number of hydrogen-bond donors (Lipinski definition) is 3. The number of rotatable bonds is 13. The van der Waals surface area contributed by atoms with E-state index in [0.29, 0.717) is 57.4 Å². The third-order valence-corrected chi connectivity index (χ3v) is 14.2. The quantitative estimate of drug-likeness (QED) is 0.116. The van der Waals surface area contributed by atoms with Crippen molar-refractivity contribution in [1.82, 2.24) is 44.5 Å². The summed E-state index contributed by atoms with van der Waals surface area (Å²) in [6, 6.07) is 11.7. The second-order valence-electron chi connectivity index (χ2n) is 18.7. The average Bonchev–Trinajstić information content (AvgIpc) is 4.06. The Morgan fingerprint density at radius 2 is 1.57 bits per heavy atom. The Morgan fingerprint density at radius 3 is 2.24 bits per heavy atom. The first-order valence-corrected chi connectivity index (χ1v) is 24.0. The van der Waals surface area contributed by atoms with Crippen molar-refractivity contribution in [2.24, 2.45) is 5.92 Å². The molecule has 1 atom stereocenters. The van der Waals surface area contributed by atoms with Gasteiger partial charge in [-0.3, -0.25) is 28.6 Å². The molecule has 2 amide bonds. The van der Waals surface area contributed by atoms with Gasteiger partial charge in [0.05, 0.1) is 23.0 Å². The van der Waals surface area contributed by atoms with Crippen LogP contribution in [0.3, 0.4) is 0 Å². The van der Waals surface area contributed by atoms with Crippen molar-refractivity contribution in [3.63, 3.8) is 0 Å². The van der Waals surface area contributed by atoms with E-state index < -0.39 is 0 Å². The van der Waals surface area contributed by atoms with E-state index in [1.165, 1.54) is 6.92 Å². The molecule has 18 nitrogen and oxygen atoms in total. The predicted molar refractivity (Wildman–Crippen MR) is 260 cm³/mol. The minimum absolute atomic E-state index is 0.00282. The first-order valence-electron chi connectivity index (χ1n) is 24.0. The Hall–Kier alpha value is -6.56. The van der Waals surface area contributed by atoms with Crippen LogP contribution in [0.5, 0.6) is 0 Å². The Kier molecular flexibility index (Phi) is 13.4. The molecule has 3 N–H and O–H groups in total. The summed E-state index contributed by atoms with van der Waals surface area (Å²) in [6.07, 6.45) is 12.4. The van der Waals surface area contributed by atoms with E-state index in [4.69, 9.17) is 15.0 Å². The highest BCUT2D eigenvalue weighted by Crippen LogP contribution is 2.33. The SMILES string of the molecule is CCc1ccc(C(=O)Nc2ccc(N(C)C)nn2)c(NC2CCC(C(=O)N3CCC(N4CCN(c5ccc(Nc6ncc7c(C)c(C(C)=O)c(=O)n(C8CCCC8)c7n6)nc5)CC4)C3)CC2)n1. The van der Waals surface area contributed by atoms with E-state index in [9.17, 15) is 19.2 Å². The number of piperazine rings is 1. The summed E-state index contributed by atoms with van der Waals surface area (Å²) >= 11 is 0. The van der Waals surface area contributed by atoms with Gasteiger partial charge in [-0.05, 0) is 107 Å². The molecule has 9 rings (SSSR count). The maximum Gasteiger partial charge on any atom is 0.263 e. The zero-order valence-corrected chi connectivity index (χ0v) is 39.3. The maximum absolute atomic E-state index is 13.9. The van der Waals surface area contributed by atoms with Crippen molar-refractivity contribution < 1.29 is 14.4 Å². The zero-order valence-electron chi connectivity index (χ0n) is 39.3. The minimum atomic E-state index is -0.302. The molecule has 2 saturated heterocycles. The molecule has 0 bridgehead atoms. The number of carbonyl (C=O) groups is 3. The number of likely N-dealkylation sites (tertiary alicyclic amines) is 1. The molecule has 1 unspecified atom stereocenters. The van der Waals surface area contributed by atoms with E-state index in [2.05, 4.69) is 51.9 Å². The zero-order chi connectivity index (χ0) is 46.8. The Bertz CT molecular complexity index is 2670. The molecule has 4 aliphatic rings. The molecule has 5 aromatic heterocycles. The fourth-order valence-corrected chi connectivity index (χ4v) is 10.4. The van der Waals surface area contributed by atoms with Crippen LogP contribution in [-0.4, -0.2) is 128 Å². The lowest BCUT2D eigenvalue weighted by molar-refractivity contribution is -0.135. The number of amides is 2. The number of aromatic nitrogens is 7. The molecule has 0 aromatic carbocycles. The summed E-state index contributed by atoms with van der Waals surface area (Å²) in [5.41, 5.74) is 3.49. The highest BCUT2D eigenvalue weighted by molar-refractivity contribution is 6.07. The molecular weight excluding hydrogens is 849 g/mol. The van der Waals surface area contributed by atoms with Crippen LogP contribution in [0.1, 0.15) is 110 Å². The first kappa shape index (κ1) is 45.6. The molecule has 0 spiro atoms. The van der Waals surface area contributed by atoms with Crippen molar-refractivity contribution in [2.45, 2.75) is 103 Å². The Labute approximate surface area is 391 Å². The van der Waals surface area contributed by atoms with E-state index in [-0.39, 0.29) is 46.7 Å². The number of hydrogen-bond acceptors (Lipinski definition) is 15. The van der Waals surface area contributed by atoms with Gasteiger partial charge in [-0.15, -0.1) is 10.2 Å². The number of aryl methyl sites for hydroxylation is 2. The number of nitrogens with one attached hydrogen (secondary N) is 3. The average molecular weight is 911 g/mol. The summed E-state index contributed by atoms with van der Waals surface area (Å²) in [6.45, 7) is 10.4. The van der Waals surface area contributed by atoms with Crippen molar-refractivity contribution in [1.29, 1.82) is 0 Å². The van der Waals surface area contributed by atoms with Gasteiger partial charge in [0.2, 0.25) is 11.9 Å². The molecule has 5 aromatic rings. The number of pyridine rings is 3. The Balaban J connectivity index is 0.749. The summed E-state index contributed by atoms with van der Waals surface area (Å²) in [5.74, 6) is 2.28. The minimum Gasteiger partial charge on any atom is -0.368 e. The first-order chi connectivity index (χ1) is 32.4. The number of Topliss-reactive ketones (excluding diaryl/α,β-unsaturated/α-hetero) is 1. The molecule has 2 aliphatic carbocycles. The smallest absolute Gasteiger partial charge is 0.263 e. The van der Waals surface area contributed by atoms with Crippen molar-refractivity contribution in [3.05, 3.63) is 81.5 Å². The monoisotopic (exact) mass is 911 g/mol. The summed E-state index contributed by atoms with van der Waals surface area (Å²) in [7, 11) is 3.77. The molecule has 18 heteroatoms. The Morgan fingerprint density at radius 1 is 0.806 bits per heavy atom. The molecular formula is C49H62N14O4. The summed E-state index contributed by atoms with van der Waals surface area (Å²) in [5, 5.41) is 18.7. The van der Waals surface area contributed by atoms with Crippen molar-refractivity contribution in [3.8, 4) is 0 Å². The van der Waals surface area contributed by atoms with Crippen LogP contribution in [-0.2, 0) is 11.2 Å². The van der Waals surface area contributed by atoms with Gasteiger partial charge in [-0.25, -0.2) is 15.0 Å². The van der Waals surface area contributed by atoms with Crippen LogP contribution in [0.15, 0.2) is 53.6 Å². The standard InChI is InChI=1S/C49H62N14O4/c1-6-33-15-17-38(46(65)54-41-19-20-42(58-57-41)59(4)5)44(52-33)53-34-13-11-32(12-14-34)47(66)62-22-21-37(29-62)61-25-23-60(24-26-61)36-16-18-40(50-27-36)55-49-51-28-39-30(2)43(31(3)64)48(67)63(45(39)56-49)35-9-7-8-10-35/h15-20,27-28,32,34-35,37H,6-14,21-26,29H2,1-5H3,(H,52,53)(H,54,57,65)(H,50,51,55,56). The molecule has 7 heterocycles. The molecule has 2 aliphatic heterocycles. The van der Waals surface area contributed by atoms with Gasteiger partial charge in [0.1, 0.15) is 17.3 Å². The second kappa shape index (κ2) is 19.7. The topological polar surface area (TPSA) is 200 Å². The number of carbonyl (C=O) groups excluding carboxylic acids is 3. The molecule has 4 fully saturated rings. The van der Waals surface area contributed by atoms with Crippen LogP contribution < -0.4 is 31.3 Å². The fourth-order valence-electron chi connectivity index (χ4n) is 10.4. The van der Waals surface area contributed by atoms with E-state index in [1.807, 2.05) is 50.3 Å². The van der Waals surface area contributed by atoms with Crippen molar-refractivity contribution >= 4 is 63.5 Å². The van der Waals surface area contributed by atoms with Gasteiger partial charge in [0.15, 0.2) is 17.4 Å². The molecule has 0 radical (unpaired) electrons. The highest BCUT2D eigenvalue weighted by Gasteiger charge is 2.36. The second-order valence-corrected chi connectivity index (χ2v) is 18.7. The third-order valence-electron chi connectivity index (χ3n) is 14.2. The van der Waals surface area contributed by atoms with Crippen LogP contribution in [0.4, 0.5) is 34.9 Å². The maximum atomic E-state index is 13.9. The van der Waals surface area contributed by atoms with E-state index in [0.717, 1.165) is 115 Å². The van der Waals surface area contributed by atoms with Gasteiger partial charge in [0, 0.05) is 94.7 Å².